The second-order valence-corrected chi connectivity index (χ2v) is 5.00. The zero-order valence-electron chi connectivity index (χ0n) is 12.7. The third-order valence-electron chi connectivity index (χ3n) is 3.35. The van der Waals surface area contributed by atoms with Crippen molar-refractivity contribution in [2.24, 2.45) is 0 Å². The largest absolute Gasteiger partial charge is 0.504 e. The Morgan fingerprint density at radius 2 is 2.22 bits per heavy atom. The van der Waals surface area contributed by atoms with E-state index in [2.05, 4.69) is 10.3 Å². The van der Waals surface area contributed by atoms with E-state index in [1.165, 1.54) is 0 Å². The lowest BCUT2D eigenvalue weighted by molar-refractivity contribution is 0.0950. The highest BCUT2D eigenvalue weighted by molar-refractivity contribution is 5.94. The van der Waals surface area contributed by atoms with Crippen LogP contribution in [0.25, 0.3) is 5.65 Å². The van der Waals surface area contributed by atoms with Crippen LogP contribution >= 0.6 is 0 Å². The molecule has 0 bridgehead atoms. The molecule has 0 unspecified atom stereocenters. The maximum Gasteiger partial charge on any atom is 0.251 e. The first-order valence-electron chi connectivity index (χ1n) is 7.34. The summed E-state index contributed by atoms with van der Waals surface area (Å²) < 4.78 is 7.10. The number of imidazole rings is 1. The molecule has 6 nitrogen and oxygen atoms in total. The number of hydrogen-bond acceptors (Lipinski definition) is 4. The van der Waals surface area contributed by atoms with Crippen molar-refractivity contribution in [3.05, 3.63) is 60.0 Å². The van der Waals surface area contributed by atoms with Gasteiger partial charge in [-0.25, -0.2) is 4.98 Å². The average Bonchev–Trinajstić information content (AvgIpc) is 2.98. The number of nitrogens with zero attached hydrogens (tertiary/aromatic N) is 2. The Hall–Kier alpha value is -3.02. The van der Waals surface area contributed by atoms with Crippen LogP contribution in [-0.4, -0.2) is 27.0 Å². The number of hydrogen-bond donors (Lipinski definition) is 2. The van der Waals surface area contributed by atoms with Gasteiger partial charge in [-0.15, -0.1) is 0 Å². The van der Waals surface area contributed by atoms with Crippen molar-refractivity contribution in [2.45, 2.75) is 13.5 Å². The summed E-state index contributed by atoms with van der Waals surface area (Å²) in [6.45, 7) is 2.72. The van der Waals surface area contributed by atoms with Crippen molar-refractivity contribution >= 4 is 11.6 Å². The number of pyridine rings is 1. The Bertz CT molecular complexity index is 842. The van der Waals surface area contributed by atoms with Gasteiger partial charge in [-0.05, 0) is 37.3 Å². The first kappa shape index (κ1) is 14.9. The maximum absolute atomic E-state index is 12.2. The predicted octanol–water partition coefficient (Wildman–Crippen LogP) is 2.37. The van der Waals surface area contributed by atoms with Crippen molar-refractivity contribution in [1.29, 1.82) is 0 Å². The summed E-state index contributed by atoms with van der Waals surface area (Å²) >= 11 is 0. The summed E-state index contributed by atoms with van der Waals surface area (Å²) in [5, 5.41) is 12.5. The minimum Gasteiger partial charge on any atom is -0.504 e. The Morgan fingerprint density at radius 3 is 3.00 bits per heavy atom. The van der Waals surface area contributed by atoms with Crippen molar-refractivity contribution in [1.82, 2.24) is 14.7 Å². The number of aromatic hydroxyl groups is 1. The second kappa shape index (κ2) is 6.39. The van der Waals surface area contributed by atoms with Gasteiger partial charge in [0, 0.05) is 18.0 Å². The van der Waals surface area contributed by atoms with Crippen LogP contribution in [-0.2, 0) is 6.54 Å². The van der Waals surface area contributed by atoms with Gasteiger partial charge in [0.05, 0.1) is 18.8 Å². The summed E-state index contributed by atoms with van der Waals surface area (Å²) in [5.74, 6) is 0.570. The highest BCUT2D eigenvalue weighted by atomic mass is 16.5. The van der Waals surface area contributed by atoms with Gasteiger partial charge in [0.1, 0.15) is 5.75 Å². The molecule has 2 aromatic heterocycles. The first-order valence-corrected chi connectivity index (χ1v) is 7.34. The van der Waals surface area contributed by atoms with Crippen molar-refractivity contribution < 1.29 is 14.6 Å². The molecule has 2 N–H and O–H groups in total. The van der Waals surface area contributed by atoms with E-state index in [0.717, 1.165) is 0 Å². The molecule has 3 aromatic rings. The SMILES string of the molecule is CCOc1cccc(C(=O)NCc2cn3cccc(O)c3n2)c1. The highest BCUT2D eigenvalue weighted by Crippen LogP contribution is 2.17. The third-order valence-corrected chi connectivity index (χ3v) is 3.35. The molecular formula is C17H17N3O3. The van der Waals surface area contributed by atoms with Gasteiger partial charge in [-0.1, -0.05) is 6.07 Å². The van der Waals surface area contributed by atoms with Crippen LogP contribution < -0.4 is 10.1 Å². The molecule has 0 saturated heterocycles. The van der Waals surface area contributed by atoms with E-state index in [-0.39, 0.29) is 18.2 Å². The van der Waals surface area contributed by atoms with Gasteiger partial charge in [0.25, 0.3) is 5.91 Å². The van der Waals surface area contributed by atoms with Crippen LogP contribution in [0.4, 0.5) is 0 Å². The number of nitrogens with one attached hydrogen (secondary N) is 1. The Morgan fingerprint density at radius 1 is 1.35 bits per heavy atom. The lowest BCUT2D eigenvalue weighted by atomic mass is 10.2. The summed E-state index contributed by atoms with van der Waals surface area (Å²) in [5.41, 5.74) is 1.67. The van der Waals surface area contributed by atoms with Crippen LogP contribution in [0.15, 0.2) is 48.8 Å². The highest BCUT2D eigenvalue weighted by Gasteiger charge is 2.09. The van der Waals surface area contributed by atoms with Crippen molar-refractivity contribution in [2.75, 3.05) is 6.61 Å². The third kappa shape index (κ3) is 3.26. The molecule has 118 valence electrons. The number of amides is 1. The molecular weight excluding hydrogens is 294 g/mol. The molecule has 3 rings (SSSR count). The Balaban J connectivity index is 1.70. The smallest absolute Gasteiger partial charge is 0.251 e. The van der Waals surface area contributed by atoms with E-state index < -0.39 is 0 Å². The van der Waals surface area contributed by atoms with E-state index in [4.69, 9.17) is 4.74 Å². The molecule has 0 spiro atoms. The standard InChI is InChI=1S/C17H17N3O3/c1-2-23-14-6-3-5-12(9-14)17(22)18-10-13-11-20-8-4-7-15(21)16(20)19-13/h3-9,11,21H,2,10H2,1H3,(H,18,22). The summed E-state index contributed by atoms with van der Waals surface area (Å²) in [4.78, 5) is 16.5. The number of aromatic nitrogens is 2. The fourth-order valence-electron chi connectivity index (χ4n) is 2.30. The monoisotopic (exact) mass is 311 g/mol. The van der Waals surface area contributed by atoms with Gasteiger partial charge < -0.3 is 19.6 Å². The van der Waals surface area contributed by atoms with E-state index in [1.54, 1.807) is 47.1 Å². The Labute approximate surface area is 133 Å². The molecule has 0 fully saturated rings. The topological polar surface area (TPSA) is 75.9 Å². The van der Waals surface area contributed by atoms with Crippen molar-refractivity contribution in [3.63, 3.8) is 0 Å². The van der Waals surface area contributed by atoms with Crippen LogP contribution in [0.3, 0.4) is 0 Å². The molecule has 0 aliphatic heterocycles. The van der Waals surface area contributed by atoms with E-state index in [1.807, 2.05) is 13.0 Å². The molecule has 0 aliphatic rings. The van der Waals surface area contributed by atoms with E-state index in [0.29, 0.717) is 29.3 Å². The fraction of sp³-hybridized carbons (Fsp3) is 0.176. The van der Waals surface area contributed by atoms with Crippen LogP contribution in [0.2, 0.25) is 0 Å². The zero-order valence-corrected chi connectivity index (χ0v) is 12.7. The van der Waals surface area contributed by atoms with Crippen molar-refractivity contribution in [3.8, 4) is 11.5 Å². The number of ether oxygens (including phenoxy) is 1. The van der Waals surface area contributed by atoms with Gasteiger partial charge in [0.2, 0.25) is 0 Å². The quantitative estimate of drug-likeness (QED) is 0.758. The lowest BCUT2D eigenvalue weighted by Gasteiger charge is -2.06. The van der Waals surface area contributed by atoms with Gasteiger partial charge in [-0.2, -0.15) is 0 Å². The summed E-state index contributed by atoms with van der Waals surface area (Å²) in [6, 6.07) is 10.3. The average molecular weight is 311 g/mol. The summed E-state index contributed by atoms with van der Waals surface area (Å²) in [6.07, 6.45) is 3.56. The van der Waals surface area contributed by atoms with E-state index in [9.17, 15) is 9.90 Å². The molecule has 1 aromatic carbocycles. The van der Waals surface area contributed by atoms with Gasteiger partial charge >= 0.3 is 0 Å². The fourth-order valence-corrected chi connectivity index (χ4v) is 2.30. The van der Waals surface area contributed by atoms with Gasteiger partial charge in [-0.3, -0.25) is 4.79 Å². The molecule has 0 atom stereocenters. The minimum absolute atomic E-state index is 0.106. The lowest BCUT2D eigenvalue weighted by Crippen LogP contribution is -2.22. The number of carbonyl (C=O) groups is 1. The Kier molecular flexibility index (Phi) is 4.14. The molecule has 6 heteroatoms. The molecule has 0 radical (unpaired) electrons. The minimum atomic E-state index is -0.201. The van der Waals surface area contributed by atoms with Crippen LogP contribution in [0.5, 0.6) is 11.5 Å². The van der Waals surface area contributed by atoms with Crippen LogP contribution in [0.1, 0.15) is 23.0 Å². The first-order chi connectivity index (χ1) is 11.2. The molecule has 0 saturated carbocycles. The molecule has 23 heavy (non-hydrogen) atoms. The molecule has 1 amide bonds. The molecule has 2 heterocycles. The molecule has 0 aliphatic carbocycles. The van der Waals surface area contributed by atoms with Gasteiger partial charge in [0.15, 0.2) is 11.4 Å². The number of rotatable bonds is 5. The number of carbonyl (C=O) groups excluding carboxylic acids is 1. The second-order valence-electron chi connectivity index (χ2n) is 5.00. The van der Waals surface area contributed by atoms with E-state index >= 15 is 0 Å². The van der Waals surface area contributed by atoms with Crippen LogP contribution in [0, 0.1) is 0 Å². The maximum atomic E-state index is 12.2. The zero-order chi connectivity index (χ0) is 16.2. The predicted molar refractivity (Wildman–Crippen MR) is 85.6 cm³/mol. The number of benzene rings is 1. The summed E-state index contributed by atoms with van der Waals surface area (Å²) in [7, 11) is 0. The number of fused-ring (bicyclic) bond motifs is 1. The normalized spacial score (nSPS) is 10.7.